The topological polar surface area (TPSA) is 68.3 Å². The van der Waals surface area contributed by atoms with E-state index in [-0.39, 0.29) is 12.0 Å². The van der Waals surface area contributed by atoms with Gasteiger partial charge in [0, 0.05) is 50.0 Å². The second kappa shape index (κ2) is 7.95. The number of hydrogen-bond donors (Lipinski definition) is 2. The summed E-state index contributed by atoms with van der Waals surface area (Å²) in [5.41, 5.74) is 1.28. The summed E-state index contributed by atoms with van der Waals surface area (Å²) in [7, 11) is 0. The van der Waals surface area contributed by atoms with Crippen LogP contribution in [0.25, 0.3) is 0 Å². The third-order valence-corrected chi connectivity index (χ3v) is 6.05. The van der Waals surface area contributed by atoms with Crippen molar-refractivity contribution < 1.29 is 18.3 Å². The molecule has 0 amide bonds. The SMILES string of the molecule is Cc1cc(C[C@@H]2CN(C3CCN(c4ccc(C(F)(F)F)cn4)CC3)C[C@H]2O)n[nH]1. The van der Waals surface area contributed by atoms with E-state index in [1.807, 2.05) is 17.9 Å². The van der Waals surface area contributed by atoms with E-state index in [1.54, 1.807) is 0 Å². The van der Waals surface area contributed by atoms with Crippen LogP contribution in [0.1, 0.15) is 29.8 Å². The van der Waals surface area contributed by atoms with Crippen molar-refractivity contribution >= 4 is 5.82 Å². The smallest absolute Gasteiger partial charge is 0.391 e. The van der Waals surface area contributed by atoms with Crippen molar-refractivity contribution in [1.29, 1.82) is 0 Å². The molecule has 2 aromatic heterocycles. The maximum absolute atomic E-state index is 12.7. The zero-order valence-electron chi connectivity index (χ0n) is 16.4. The van der Waals surface area contributed by atoms with Crippen LogP contribution in [-0.2, 0) is 12.6 Å². The van der Waals surface area contributed by atoms with Crippen molar-refractivity contribution in [3.63, 3.8) is 0 Å². The number of alkyl halides is 3. The number of aromatic amines is 1. The number of aliphatic hydroxyl groups excluding tert-OH is 1. The van der Waals surface area contributed by atoms with Gasteiger partial charge in [0.05, 0.1) is 17.4 Å². The minimum absolute atomic E-state index is 0.173. The number of nitrogens with zero attached hydrogens (tertiary/aromatic N) is 4. The Labute approximate surface area is 167 Å². The molecule has 2 fully saturated rings. The summed E-state index contributed by atoms with van der Waals surface area (Å²) in [4.78, 5) is 8.40. The summed E-state index contributed by atoms with van der Waals surface area (Å²) in [5, 5.41) is 17.7. The number of likely N-dealkylation sites (tertiary alicyclic amines) is 1. The van der Waals surface area contributed by atoms with Gasteiger partial charge in [-0.3, -0.25) is 10.00 Å². The minimum Gasteiger partial charge on any atom is -0.391 e. The molecule has 4 rings (SSSR count). The summed E-state index contributed by atoms with van der Waals surface area (Å²) in [5.74, 6) is 0.761. The maximum atomic E-state index is 12.7. The second-order valence-corrected chi connectivity index (χ2v) is 8.15. The van der Waals surface area contributed by atoms with Gasteiger partial charge in [0.25, 0.3) is 0 Å². The molecule has 2 atom stereocenters. The van der Waals surface area contributed by atoms with Gasteiger partial charge in [-0.05, 0) is 44.4 Å². The first-order chi connectivity index (χ1) is 13.8. The number of nitrogens with one attached hydrogen (secondary N) is 1. The number of H-pyrrole nitrogens is 1. The Balaban J connectivity index is 1.30. The van der Waals surface area contributed by atoms with Crippen LogP contribution in [0.15, 0.2) is 24.4 Å². The van der Waals surface area contributed by atoms with Crippen molar-refractivity contribution in [2.75, 3.05) is 31.1 Å². The highest BCUT2D eigenvalue weighted by Gasteiger charge is 2.37. The number of piperidine rings is 1. The molecular formula is C20H26F3N5O. The van der Waals surface area contributed by atoms with E-state index in [9.17, 15) is 18.3 Å². The van der Waals surface area contributed by atoms with Crippen molar-refractivity contribution in [1.82, 2.24) is 20.1 Å². The van der Waals surface area contributed by atoms with Gasteiger partial charge in [-0.15, -0.1) is 0 Å². The van der Waals surface area contributed by atoms with Gasteiger partial charge >= 0.3 is 6.18 Å². The zero-order chi connectivity index (χ0) is 20.6. The van der Waals surface area contributed by atoms with Crippen LogP contribution in [-0.4, -0.2) is 63.5 Å². The van der Waals surface area contributed by atoms with Crippen molar-refractivity contribution in [2.24, 2.45) is 5.92 Å². The molecule has 6 nitrogen and oxygen atoms in total. The Bertz CT molecular complexity index is 814. The van der Waals surface area contributed by atoms with Crippen LogP contribution in [0, 0.1) is 12.8 Å². The number of aliphatic hydroxyl groups is 1. The van der Waals surface area contributed by atoms with E-state index in [0.29, 0.717) is 18.4 Å². The fourth-order valence-corrected chi connectivity index (χ4v) is 4.43. The number of halogens is 3. The van der Waals surface area contributed by atoms with Gasteiger partial charge in [-0.2, -0.15) is 18.3 Å². The molecule has 0 bridgehead atoms. The Morgan fingerprint density at radius 3 is 2.55 bits per heavy atom. The second-order valence-electron chi connectivity index (χ2n) is 8.15. The quantitative estimate of drug-likeness (QED) is 0.813. The van der Waals surface area contributed by atoms with Gasteiger partial charge in [-0.25, -0.2) is 4.98 Å². The van der Waals surface area contributed by atoms with E-state index in [4.69, 9.17) is 0 Å². The van der Waals surface area contributed by atoms with E-state index in [2.05, 4.69) is 20.1 Å². The molecular weight excluding hydrogens is 383 g/mol. The molecule has 29 heavy (non-hydrogen) atoms. The highest BCUT2D eigenvalue weighted by molar-refractivity contribution is 5.40. The lowest BCUT2D eigenvalue weighted by molar-refractivity contribution is -0.137. The van der Waals surface area contributed by atoms with Crippen molar-refractivity contribution in [3.8, 4) is 0 Å². The predicted molar refractivity (Wildman–Crippen MR) is 103 cm³/mol. The van der Waals surface area contributed by atoms with E-state index >= 15 is 0 Å². The number of β-amino-alcohol motifs (C(OH)–C–C–N with tert-alkyl or cyclic N) is 1. The monoisotopic (exact) mass is 409 g/mol. The van der Waals surface area contributed by atoms with E-state index in [1.165, 1.54) is 6.07 Å². The Hall–Kier alpha value is -2.13. The molecule has 2 saturated heterocycles. The highest BCUT2D eigenvalue weighted by atomic mass is 19.4. The summed E-state index contributed by atoms with van der Waals surface area (Å²) in [6, 6.07) is 4.93. The minimum atomic E-state index is -4.36. The van der Waals surface area contributed by atoms with Crippen LogP contribution < -0.4 is 4.90 Å². The van der Waals surface area contributed by atoms with Gasteiger partial charge in [0.15, 0.2) is 0 Å². The zero-order valence-corrected chi connectivity index (χ0v) is 16.4. The fraction of sp³-hybridized carbons (Fsp3) is 0.600. The molecule has 0 spiro atoms. The summed E-state index contributed by atoms with van der Waals surface area (Å²) >= 11 is 0. The van der Waals surface area contributed by atoms with Crippen LogP contribution in [0.4, 0.5) is 19.0 Å². The number of aromatic nitrogens is 3. The van der Waals surface area contributed by atoms with E-state index < -0.39 is 11.7 Å². The van der Waals surface area contributed by atoms with Gasteiger partial charge < -0.3 is 10.0 Å². The molecule has 0 aliphatic carbocycles. The third-order valence-electron chi connectivity index (χ3n) is 6.05. The molecule has 0 unspecified atom stereocenters. The molecule has 2 aliphatic rings. The highest BCUT2D eigenvalue weighted by Crippen LogP contribution is 2.31. The van der Waals surface area contributed by atoms with Gasteiger partial charge in [0.1, 0.15) is 5.82 Å². The maximum Gasteiger partial charge on any atom is 0.417 e. The van der Waals surface area contributed by atoms with Crippen LogP contribution in [0.5, 0.6) is 0 Å². The largest absolute Gasteiger partial charge is 0.417 e. The van der Waals surface area contributed by atoms with Crippen LogP contribution >= 0.6 is 0 Å². The predicted octanol–water partition coefficient (Wildman–Crippen LogP) is 2.64. The number of pyridine rings is 1. The lowest BCUT2D eigenvalue weighted by atomic mass is 10.00. The average molecular weight is 409 g/mol. The molecule has 158 valence electrons. The Morgan fingerprint density at radius 1 is 1.21 bits per heavy atom. The normalized spacial score (nSPS) is 24.4. The first-order valence-corrected chi connectivity index (χ1v) is 10.0. The lowest BCUT2D eigenvalue weighted by Crippen LogP contribution is -2.44. The van der Waals surface area contributed by atoms with Crippen molar-refractivity contribution in [2.45, 2.75) is 44.5 Å². The number of anilines is 1. The molecule has 0 aromatic carbocycles. The molecule has 0 saturated carbocycles. The number of hydrogen-bond acceptors (Lipinski definition) is 5. The molecule has 2 aliphatic heterocycles. The lowest BCUT2D eigenvalue weighted by Gasteiger charge is -2.37. The number of aryl methyl sites for hydroxylation is 1. The summed E-state index contributed by atoms with van der Waals surface area (Å²) in [6.45, 7) is 4.97. The van der Waals surface area contributed by atoms with Gasteiger partial charge in [-0.1, -0.05) is 0 Å². The molecule has 9 heteroatoms. The first-order valence-electron chi connectivity index (χ1n) is 10.0. The molecule has 2 N–H and O–H groups in total. The van der Waals surface area contributed by atoms with Crippen molar-refractivity contribution in [3.05, 3.63) is 41.3 Å². The molecule has 0 radical (unpaired) electrons. The molecule has 2 aromatic rings. The average Bonchev–Trinajstić information content (AvgIpc) is 3.27. The summed E-state index contributed by atoms with van der Waals surface area (Å²) < 4.78 is 38.1. The molecule has 4 heterocycles. The fourth-order valence-electron chi connectivity index (χ4n) is 4.43. The van der Waals surface area contributed by atoms with Crippen LogP contribution in [0.3, 0.4) is 0 Å². The Morgan fingerprint density at radius 2 is 1.97 bits per heavy atom. The first kappa shape index (κ1) is 20.2. The standard InChI is InChI=1S/C20H26F3N5O/c1-13-8-16(26-25-13)9-14-11-28(12-18(14)29)17-4-6-27(7-5-17)19-3-2-15(10-24-19)20(21,22)23/h2-3,8,10,14,17-18,29H,4-7,9,11-12H2,1H3,(H,25,26)/t14-,18-/m1/s1. The van der Waals surface area contributed by atoms with Crippen LogP contribution in [0.2, 0.25) is 0 Å². The van der Waals surface area contributed by atoms with E-state index in [0.717, 1.165) is 62.5 Å². The van der Waals surface area contributed by atoms with Gasteiger partial charge in [0.2, 0.25) is 0 Å². The third kappa shape index (κ3) is 4.56. The number of rotatable bonds is 4. The summed E-state index contributed by atoms with van der Waals surface area (Å²) in [6.07, 6.45) is -1.25. The Kier molecular flexibility index (Phi) is 5.52.